The largest absolute Gasteiger partial charge is 0.326 e. The molecule has 2 aromatic heterocycles. The number of aromatic amines is 1. The summed E-state index contributed by atoms with van der Waals surface area (Å²) in [5.41, 5.74) is 1.55. The highest BCUT2D eigenvalue weighted by atomic mass is 35.5. The van der Waals surface area contributed by atoms with Gasteiger partial charge in [-0.05, 0) is 12.8 Å². The van der Waals surface area contributed by atoms with Gasteiger partial charge in [-0.1, -0.05) is 11.6 Å². The normalized spacial score (nSPS) is 16.4. The Hall–Kier alpha value is -1.29. The molecule has 4 nitrogen and oxygen atoms in total. The van der Waals surface area contributed by atoms with E-state index in [2.05, 4.69) is 9.97 Å². The Morgan fingerprint density at radius 2 is 2.36 bits per heavy atom. The van der Waals surface area contributed by atoms with Crippen LogP contribution in [-0.2, 0) is 0 Å². The predicted molar refractivity (Wildman–Crippen MR) is 53.6 cm³/mol. The first kappa shape index (κ1) is 8.05. The van der Waals surface area contributed by atoms with Gasteiger partial charge in [0, 0.05) is 12.1 Å². The summed E-state index contributed by atoms with van der Waals surface area (Å²) >= 11 is 5.78. The molecule has 2 heterocycles. The van der Waals surface area contributed by atoms with Crippen molar-refractivity contribution in [1.29, 1.82) is 0 Å². The molecule has 72 valence electrons. The SMILES string of the molecule is O=c1[nH]c2cnc(Cl)cc2n1C1CC1. The maximum absolute atomic E-state index is 11.6. The third kappa shape index (κ3) is 1.07. The molecule has 0 radical (unpaired) electrons. The van der Waals surface area contributed by atoms with Gasteiger partial charge in [-0.3, -0.25) is 4.57 Å². The number of fused-ring (bicyclic) bond motifs is 1. The Morgan fingerprint density at radius 3 is 3.07 bits per heavy atom. The molecule has 2 aromatic rings. The van der Waals surface area contributed by atoms with Crippen LogP contribution in [-0.4, -0.2) is 14.5 Å². The zero-order chi connectivity index (χ0) is 9.71. The summed E-state index contributed by atoms with van der Waals surface area (Å²) in [5, 5.41) is 0.422. The van der Waals surface area contributed by atoms with E-state index in [9.17, 15) is 4.79 Å². The summed E-state index contributed by atoms with van der Waals surface area (Å²) < 4.78 is 1.77. The van der Waals surface area contributed by atoms with E-state index in [-0.39, 0.29) is 5.69 Å². The van der Waals surface area contributed by atoms with E-state index in [4.69, 9.17) is 11.6 Å². The number of rotatable bonds is 1. The zero-order valence-corrected chi connectivity index (χ0v) is 8.08. The van der Waals surface area contributed by atoms with Crippen molar-refractivity contribution in [2.24, 2.45) is 0 Å². The second-order valence-electron chi connectivity index (χ2n) is 3.56. The van der Waals surface area contributed by atoms with Crippen LogP contribution in [0.15, 0.2) is 17.1 Å². The summed E-state index contributed by atoms with van der Waals surface area (Å²) in [6, 6.07) is 2.09. The van der Waals surface area contributed by atoms with E-state index >= 15 is 0 Å². The van der Waals surface area contributed by atoms with Gasteiger partial charge in [0.2, 0.25) is 0 Å². The number of imidazole rings is 1. The smallest absolute Gasteiger partial charge is 0.304 e. The lowest BCUT2D eigenvalue weighted by Gasteiger charge is -1.98. The van der Waals surface area contributed by atoms with Crippen LogP contribution in [0.3, 0.4) is 0 Å². The minimum Gasteiger partial charge on any atom is -0.304 e. The number of pyridine rings is 1. The molecule has 1 saturated carbocycles. The average Bonchev–Trinajstić information content (AvgIpc) is 2.90. The van der Waals surface area contributed by atoms with Gasteiger partial charge in [0.25, 0.3) is 0 Å². The topological polar surface area (TPSA) is 50.7 Å². The van der Waals surface area contributed by atoms with Crippen LogP contribution in [0.1, 0.15) is 18.9 Å². The van der Waals surface area contributed by atoms with Crippen LogP contribution in [0.4, 0.5) is 0 Å². The van der Waals surface area contributed by atoms with Crippen LogP contribution in [0.2, 0.25) is 5.15 Å². The molecule has 1 aliphatic carbocycles. The van der Waals surface area contributed by atoms with E-state index in [1.54, 1.807) is 16.8 Å². The number of aromatic nitrogens is 3. The Balaban J connectivity index is 2.39. The quantitative estimate of drug-likeness (QED) is 0.727. The lowest BCUT2D eigenvalue weighted by molar-refractivity contribution is 0.733. The van der Waals surface area contributed by atoms with Crippen LogP contribution < -0.4 is 5.69 Å². The number of nitrogens with zero attached hydrogens (tertiary/aromatic N) is 2. The molecule has 0 saturated heterocycles. The molecule has 1 aliphatic rings. The highest BCUT2D eigenvalue weighted by Crippen LogP contribution is 2.35. The van der Waals surface area contributed by atoms with Crippen LogP contribution in [0.5, 0.6) is 0 Å². The van der Waals surface area contributed by atoms with Crippen molar-refractivity contribution in [3.8, 4) is 0 Å². The molecule has 5 heteroatoms. The van der Waals surface area contributed by atoms with Gasteiger partial charge in [0.1, 0.15) is 5.15 Å². The van der Waals surface area contributed by atoms with Gasteiger partial charge in [0.15, 0.2) is 0 Å². The van der Waals surface area contributed by atoms with Crippen molar-refractivity contribution < 1.29 is 0 Å². The third-order valence-corrected chi connectivity index (χ3v) is 2.69. The van der Waals surface area contributed by atoms with Crippen LogP contribution in [0.25, 0.3) is 11.0 Å². The molecule has 0 bridgehead atoms. The molecule has 0 aromatic carbocycles. The molecule has 0 amide bonds. The molecule has 0 unspecified atom stereocenters. The fraction of sp³-hybridized carbons (Fsp3) is 0.333. The summed E-state index contributed by atoms with van der Waals surface area (Å²) in [6.07, 6.45) is 3.75. The minimum absolute atomic E-state index is 0.0634. The summed E-state index contributed by atoms with van der Waals surface area (Å²) in [7, 11) is 0. The van der Waals surface area contributed by atoms with Gasteiger partial charge in [-0.2, -0.15) is 0 Å². The summed E-state index contributed by atoms with van der Waals surface area (Å²) in [4.78, 5) is 18.3. The highest BCUT2D eigenvalue weighted by molar-refractivity contribution is 6.29. The molecular formula is C9H8ClN3O. The van der Waals surface area contributed by atoms with Crippen molar-refractivity contribution in [2.45, 2.75) is 18.9 Å². The molecule has 0 aliphatic heterocycles. The Morgan fingerprint density at radius 1 is 1.57 bits per heavy atom. The van der Waals surface area contributed by atoms with Crippen molar-refractivity contribution in [1.82, 2.24) is 14.5 Å². The molecule has 0 atom stereocenters. The first-order valence-corrected chi connectivity index (χ1v) is 4.89. The zero-order valence-electron chi connectivity index (χ0n) is 7.33. The second-order valence-corrected chi connectivity index (χ2v) is 3.94. The standard InChI is InChI=1S/C9H8ClN3O/c10-8-3-7-6(4-11-8)12-9(14)13(7)5-1-2-5/h3-5H,1-2H2,(H,12,14). The van der Waals surface area contributed by atoms with Crippen LogP contribution in [0, 0.1) is 0 Å². The summed E-state index contributed by atoms with van der Waals surface area (Å²) in [5.74, 6) is 0. The predicted octanol–water partition coefficient (Wildman–Crippen LogP) is 1.71. The Kier molecular flexibility index (Phi) is 1.50. The number of halogens is 1. The van der Waals surface area contributed by atoms with E-state index in [0.29, 0.717) is 11.2 Å². The monoisotopic (exact) mass is 209 g/mol. The van der Waals surface area contributed by atoms with E-state index < -0.39 is 0 Å². The Labute approximate surface area is 84.5 Å². The van der Waals surface area contributed by atoms with Gasteiger partial charge >= 0.3 is 5.69 Å². The van der Waals surface area contributed by atoms with Gasteiger partial charge in [-0.25, -0.2) is 9.78 Å². The fourth-order valence-electron chi connectivity index (χ4n) is 1.70. The number of hydrogen-bond donors (Lipinski definition) is 1. The second kappa shape index (κ2) is 2.60. The molecule has 1 fully saturated rings. The first-order valence-electron chi connectivity index (χ1n) is 4.51. The van der Waals surface area contributed by atoms with Gasteiger partial charge in [-0.15, -0.1) is 0 Å². The molecular weight excluding hydrogens is 202 g/mol. The molecule has 3 rings (SSSR count). The Bertz CT molecular complexity index is 553. The van der Waals surface area contributed by atoms with Crippen molar-refractivity contribution in [3.63, 3.8) is 0 Å². The van der Waals surface area contributed by atoms with E-state index in [0.717, 1.165) is 23.9 Å². The minimum atomic E-state index is -0.0634. The molecule has 0 spiro atoms. The number of H-pyrrole nitrogens is 1. The highest BCUT2D eigenvalue weighted by Gasteiger charge is 2.27. The number of nitrogens with one attached hydrogen (secondary N) is 1. The molecule has 14 heavy (non-hydrogen) atoms. The molecule has 1 N–H and O–H groups in total. The van der Waals surface area contributed by atoms with Gasteiger partial charge in [0.05, 0.1) is 17.2 Å². The lowest BCUT2D eigenvalue weighted by Crippen LogP contribution is -2.14. The van der Waals surface area contributed by atoms with E-state index in [1.807, 2.05) is 0 Å². The van der Waals surface area contributed by atoms with Crippen molar-refractivity contribution in [2.75, 3.05) is 0 Å². The van der Waals surface area contributed by atoms with E-state index in [1.165, 1.54) is 0 Å². The van der Waals surface area contributed by atoms with Crippen molar-refractivity contribution in [3.05, 3.63) is 27.9 Å². The maximum atomic E-state index is 11.6. The fourth-order valence-corrected chi connectivity index (χ4v) is 1.85. The number of hydrogen-bond acceptors (Lipinski definition) is 2. The van der Waals surface area contributed by atoms with Crippen LogP contribution >= 0.6 is 11.6 Å². The lowest BCUT2D eigenvalue weighted by atomic mass is 10.4. The van der Waals surface area contributed by atoms with Crippen molar-refractivity contribution >= 4 is 22.6 Å². The first-order chi connectivity index (χ1) is 6.75. The van der Waals surface area contributed by atoms with Gasteiger partial charge < -0.3 is 4.98 Å². The average molecular weight is 210 g/mol. The summed E-state index contributed by atoms with van der Waals surface area (Å²) in [6.45, 7) is 0. The maximum Gasteiger partial charge on any atom is 0.326 e. The third-order valence-electron chi connectivity index (χ3n) is 2.48.